The summed E-state index contributed by atoms with van der Waals surface area (Å²) < 4.78 is 3.84. The Labute approximate surface area is 94.6 Å². The monoisotopic (exact) mass is 255 g/mol. The predicted molar refractivity (Wildman–Crippen MR) is 63.8 cm³/mol. The molecule has 2 heteroatoms. The molecule has 1 nitrogen and oxygen atoms in total. The van der Waals surface area contributed by atoms with E-state index in [1.807, 2.05) is 0 Å². The van der Waals surface area contributed by atoms with E-state index in [0.29, 0.717) is 5.92 Å². The molecular weight excluding hydrogens is 238 g/mol. The number of hydrogen-bond donors (Lipinski definition) is 0. The summed E-state index contributed by atoms with van der Waals surface area (Å²) in [5, 5.41) is 0. The zero-order chi connectivity index (χ0) is 10.3. The van der Waals surface area contributed by atoms with Crippen molar-refractivity contribution in [2.75, 3.05) is 0 Å². The lowest BCUT2D eigenvalue weighted by Crippen LogP contribution is -2.05. The fourth-order valence-electron chi connectivity index (χ4n) is 2.12. The van der Waals surface area contributed by atoms with E-state index in [-0.39, 0.29) is 0 Å². The van der Waals surface area contributed by atoms with Gasteiger partial charge in [-0.25, -0.2) is 0 Å². The van der Waals surface area contributed by atoms with Gasteiger partial charge in [-0.3, -0.25) is 0 Å². The molecule has 1 aromatic rings. The van der Waals surface area contributed by atoms with Gasteiger partial charge in [0.25, 0.3) is 0 Å². The molecule has 1 heterocycles. The molecule has 0 N–H and O–H groups in total. The first-order valence-corrected chi connectivity index (χ1v) is 6.31. The van der Waals surface area contributed by atoms with Crippen molar-refractivity contribution in [2.45, 2.75) is 52.0 Å². The average Bonchev–Trinajstić information content (AvgIpc) is 2.91. The summed E-state index contributed by atoms with van der Waals surface area (Å²) in [5.41, 5.74) is 2.92. The van der Waals surface area contributed by atoms with Crippen LogP contribution in [0.25, 0.3) is 0 Å². The maximum Gasteiger partial charge on any atom is 0.0390 e. The van der Waals surface area contributed by atoms with E-state index in [9.17, 15) is 0 Å². The smallest absolute Gasteiger partial charge is 0.0390 e. The Morgan fingerprint density at radius 2 is 2.21 bits per heavy atom. The molecule has 1 aliphatic carbocycles. The fourth-order valence-corrected chi connectivity index (χ4v) is 3.03. The van der Waals surface area contributed by atoms with Gasteiger partial charge in [0.05, 0.1) is 0 Å². The van der Waals surface area contributed by atoms with Crippen LogP contribution in [-0.4, -0.2) is 4.57 Å². The number of hydrogen-bond acceptors (Lipinski definition) is 0. The molecule has 1 unspecified atom stereocenters. The average molecular weight is 256 g/mol. The number of aromatic nitrogens is 1. The summed E-state index contributed by atoms with van der Waals surface area (Å²) in [5.74, 6) is 0.665. The number of nitrogens with zero attached hydrogens (tertiary/aromatic N) is 1. The lowest BCUT2D eigenvalue weighted by Gasteiger charge is -2.15. The second kappa shape index (κ2) is 3.73. The number of rotatable bonds is 3. The number of halogens is 1. The molecule has 1 fully saturated rings. The Kier molecular flexibility index (Phi) is 2.74. The molecule has 0 saturated heterocycles. The number of aryl methyl sites for hydroxylation is 1. The quantitative estimate of drug-likeness (QED) is 0.755. The lowest BCUT2D eigenvalue weighted by atomic mass is 10.1. The summed E-state index contributed by atoms with van der Waals surface area (Å²) in [6.07, 6.45) is 3.95. The second-order valence-electron chi connectivity index (χ2n) is 4.43. The standard InChI is InChI=1S/C12H18BrN/c1-4-8(2)12-11(13)7-9(3)14(12)10-5-6-10/h7-8,10H,4-6H2,1-3H3. The van der Waals surface area contributed by atoms with E-state index in [1.165, 1.54) is 35.1 Å². The Bertz CT molecular complexity index is 336. The highest BCUT2D eigenvalue weighted by Gasteiger charge is 2.29. The Morgan fingerprint density at radius 3 is 2.71 bits per heavy atom. The van der Waals surface area contributed by atoms with Crippen LogP contribution in [0.1, 0.15) is 56.5 Å². The third-order valence-electron chi connectivity index (χ3n) is 3.21. The van der Waals surface area contributed by atoms with Crippen LogP contribution in [0.3, 0.4) is 0 Å². The molecule has 0 amide bonds. The molecule has 14 heavy (non-hydrogen) atoms. The van der Waals surface area contributed by atoms with E-state index in [2.05, 4.69) is 47.3 Å². The van der Waals surface area contributed by atoms with Crippen LogP contribution in [0.15, 0.2) is 10.5 Å². The van der Waals surface area contributed by atoms with Crippen LogP contribution in [0.5, 0.6) is 0 Å². The molecule has 1 atom stereocenters. The predicted octanol–water partition coefficient (Wildman–Crippen LogP) is 4.41. The zero-order valence-electron chi connectivity index (χ0n) is 9.18. The minimum Gasteiger partial charge on any atom is -0.344 e. The van der Waals surface area contributed by atoms with Crippen molar-refractivity contribution in [2.24, 2.45) is 0 Å². The summed E-state index contributed by atoms with van der Waals surface area (Å²) >= 11 is 3.68. The van der Waals surface area contributed by atoms with Gasteiger partial charge in [-0.1, -0.05) is 13.8 Å². The molecule has 1 saturated carbocycles. The van der Waals surface area contributed by atoms with Crippen LogP contribution >= 0.6 is 15.9 Å². The van der Waals surface area contributed by atoms with E-state index < -0.39 is 0 Å². The van der Waals surface area contributed by atoms with Crippen molar-refractivity contribution in [3.8, 4) is 0 Å². The highest BCUT2D eigenvalue weighted by molar-refractivity contribution is 9.10. The maximum absolute atomic E-state index is 3.68. The van der Waals surface area contributed by atoms with E-state index in [4.69, 9.17) is 0 Å². The van der Waals surface area contributed by atoms with Crippen LogP contribution in [0.2, 0.25) is 0 Å². The maximum atomic E-state index is 3.68. The third-order valence-corrected chi connectivity index (χ3v) is 3.85. The first-order chi connectivity index (χ1) is 6.65. The highest BCUT2D eigenvalue weighted by atomic mass is 79.9. The minimum absolute atomic E-state index is 0.665. The summed E-state index contributed by atoms with van der Waals surface area (Å²) in [7, 11) is 0. The summed E-state index contributed by atoms with van der Waals surface area (Å²) in [6.45, 7) is 6.80. The van der Waals surface area contributed by atoms with Crippen LogP contribution in [0, 0.1) is 6.92 Å². The Hall–Kier alpha value is -0.240. The van der Waals surface area contributed by atoms with Gasteiger partial charge in [-0.15, -0.1) is 0 Å². The van der Waals surface area contributed by atoms with Gasteiger partial charge < -0.3 is 4.57 Å². The third kappa shape index (κ3) is 1.65. The van der Waals surface area contributed by atoms with Gasteiger partial charge in [0.1, 0.15) is 0 Å². The van der Waals surface area contributed by atoms with Crippen LogP contribution < -0.4 is 0 Å². The minimum atomic E-state index is 0.665. The molecule has 0 radical (unpaired) electrons. The first kappa shape index (κ1) is 10.3. The molecule has 1 aromatic heterocycles. The Morgan fingerprint density at radius 1 is 1.57 bits per heavy atom. The van der Waals surface area contributed by atoms with Crippen molar-refractivity contribution in [1.29, 1.82) is 0 Å². The van der Waals surface area contributed by atoms with E-state index in [1.54, 1.807) is 0 Å². The van der Waals surface area contributed by atoms with Crippen LogP contribution in [0.4, 0.5) is 0 Å². The van der Waals surface area contributed by atoms with Gasteiger partial charge in [-0.05, 0) is 54.1 Å². The van der Waals surface area contributed by atoms with Gasteiger partial charge in [0.2, 0.25) is 0 Å². The van der Waals surface area contributed by atoms with E-state index in [0.717, 1.165) is 6.04 Å². The molecular formula is C12H18BrN. The van der Waals surface area contributed by atoms with Crippen LogP contribution in [-0.2, 0) is 0 Å². The zero-order valence-corrected chi connectivity index (χ0v) is 10.8. The van der Waals surface area contributed by atoms with Crippen molar-refractivity contribution in [3.63, 3.8) is 0 Å². The topological polar surface area (TPSA) is 4.93 Å². The largest absolute Gasteiger partial charge is 0.344 e. The van der Waals surface area contributed by atoms with Gasteiger partial charge >= 0.3 is 0 Å². The second-order valence-corrected chi connectivity index (χ2v) is 5.28. The Balaban J connectivity index is 2.44. The lowest BCUT2D eigenvalue weighted by molar-refractivity contribution is 0.606. The van der Waals surface area contributed by atoms with Crippen molar-refractivity contribution < 1.29 is 0 Å². The highest BCUT2D eigenvalue weighted by Crippen LogP contribution is 2.42. The summed E-state index contributed by atoms with van der Waals surface area (Å²) in [4.78, 5) is 0. The SMILES string of the molecule is CCC(C)c1c(Br)cc(C)n1C1CC1. The van der Waals surface area contributed by atoms with Gasteiger partial charge in [0, 0.05) is 21.9 Å². The van der Waals surface area contributed by atoms with Crippen molar-refractivity contribution in [3.05, 3.63) is 21.9 Å². The molecule has 0 aromatic carbocycles. The van der Waals surface area contributed by atoms with Crippen molar-refractivity contribution in [1.82, 2.24) is 4.57 Å². The molecule has 78 valence electrons. The van der Waals surface area contributed by atoms with E-state index >= 15 is 0 Å². The molecule has 0 spiro atoms. The summed E-state index contributed by atoms with van der Waals surface area (Å²) in [6, 6.07) is 3.06. The molecule has 0 bridgehead atoms. The fraction of sp³-hybridized carbons (Fsp3) is 0.667. The normalized spacial score (nSPS) is 18.6. The molecule has 2 rings (SSSR count). The van der Waals surface area contributed by atoms with Gasteiger partial charge in [0.15, 0.2) is 0 Å². The molecule has 0 aliphatic heterocycles. The van der Waals surface area contributed by atoms with Crippen molar-refractivity contribution >= 4 is 15.9 Å². The first-order valence-electron chi connectivity index (χ1n) is 5.52. The van der Waals surface area contributed by atoms with Gasteiger partial charge in [-0.2, -0.15) is 0 Å². The molecule has 1 aliphatic rings.